The van der Waals surface area contributed by atoms with Gasteiger partial charge in [-0.1, -0.05) is 58.1 Å². The average molecular weight is 807 g/mol. The van der Waals surface area contributed by atoms with Crippen LogP contribution in [0.15, 0.2) is 11.6 Å². The molecule has 5 atom stereocenters. The molecule has 5 unspecified atom stereocenters. The lowest BCUT2D eigenvalue weighted by atomic mass is 9.84. The molecule has 4 N–H and O–H groups in total. The lowest BCUT2D eigenvalue weighted by Gasteiger charge is -2.38. The largest absolute Gasteiger partial charge is 0.507 e. The number of carboxylic acid groups (broad SMARTS) is 2. The molecule has 0 aliphatic carbocycles. The van der Waals surface area contributed by atoms with Gasteiger partial charge in [-0.05, 0) is 185 Å². The number of fused-ring (bicyclic) bond motifs is 2. The Morgan fingerprint density at radius 3 is 1.52 bits per heavy atom. The molecule has 2 aliphatic heterocycles. The summed E-state index contributed by atoms with van der Waals surface area (Å²) >= 11 is 0. The monoisotopic (exact) mass is 807 g/mol. The zero-order valence-electron chi connectivity index (χ0n) is 38.3. The number of allylic oxidation sites excluding steroid dienone is 2. The van der Waals surface area contributed by atoms with E-state index in [1.54, 1.807) is 13.8 Å². The topological polar surface area (TPSA) is 134 Å². The molecule has 2 aromatic rings. The Bertz CT molecular complexity index is 1760. The van der Waals surface area contributed by atoms with E-state index >= 15 is 0 Å². The molecule has 8 nitrogen and oxygen atoms in total. The van der Waals surface area contributed by atoms with Crippen LogP contribution in [0.25, 0.3) is 0 Å². The first-order valence-corrected chi connectivity index (χ1v) is 22.2. The molecule has 0 fully saturated rings. The number of rotatable bonds is 19. The number of hydrogen-bond acceptors (Lipinski definition) is 6. The number of ether oxygens (including phenoxy) is 2. The van der Waals surface area contributed by atoms with Crippen LogP contribution in [0.3, 0.4) is 0 Å². The minimum absolute atomic E-state index is 0.148. The van der Waals surface area contributed by atoms with Crippen molar-refractivity contribution < 1.29 is 39.5 Å². The number of carbonyl (C=O) groups is 2. The van der Waals surface area contributed by atoms with Gasteiger partial charge in [0, 0.05) is 11.1 Å². The molecule has 58 heavy (non-hydrogen) atoms. The predicted molar refractivity (Wildman–Crippen MR) is 236 cm³/mol. The van der Waals surface area contributed by atoms with Crippen LogP contribution in [0, 0.1) is 59.3 Å². The van der Waals surface area contributed by atoms with Gasteiger partial charge >= 0.3 is 11.9 Å². The van der Waals surface area contributed by atoms with Crippen molar-refractivity contribution in [3.8, 4) is 23.0 Å². The normalized spacial score (nSPS) is 20.4. The highest BCUT2D eigenvalue weighted by Gasteiger charge is 2.35. The molecule has 0 amide bonds. The minimum atomic E-state index is -0.694. The second-order valence-electron chi connectivity index (χ2n) is 18.8. The SMILES string of the molecule is C/C(=C\CCCCC(C)C(=O)O)CCCC1(C)CCc2c(C)c(O)c(C)c(C)c2O1.Cc1c(C)c2c(c(C)c1O)CCC(C)(CCCC(C)CCCC(C)C(=O)O)O2. The summed E-state index contributed by atoms with van der Waals surface area (Å²) < 4.78 is 13.0. The van der Waals surface area contributed by atoms with E-state index in [1.807, 2.05) is 41.5 Å². The maximum Gasteiger partial charge on any atom is 0.306 e. The predicted octanol–water partition coefficient (Wildman–Crippen LogP) is 12.9. The lowest BCUT2D eigenvalue weighted by Crippen LogP contribution is -2.37. The van der Waals surface area contributed by atoms with Gasteiger partial charge in [-0.3, -0.25) is 9.59 Å². The van der Waals surface area contributed by atoms with Crippen molar-refractivity contribution in [2.45, 2.75) is 203 Å². The van der Waals surface area contributed by atoms with Gasteiger partial charge in [0.2, 0.25) is 0 Å². The van der Waals surface area contributed by atoms with E-state index in [1.165, 1.54) is 16.7 Å². The van der Waals surface area contributed by atoms with Crippen molar-refractivity contribution in [2.75, 3.05) is 0 Å². The van der Waals surface area contributed by atoms with Gasteiger partial charge in [-0.15, -0.1) is 0 Å². The second kappa shape index (κ2) is 21.5. The van der Waals surface area contributed by atoms with E-state index in [0.29, 0.717) is 17.4 Å². The first kappa shape index (κ1) is 48.7. The minimum Gasteiger partial charge on any atom is -0.507 e. The first-order valence-electron chi connectivity index (χ1n) is 22.2. The highest BCUT2D eigenvalue weighted by atomic mass is 16.5. The third-order valence-corrected chi connectivity index (χ3v) is 13.6. The van der Waals surface area contributed by atoms with Gasteiger partial charge in [0.15, 0.2) is 0 Å². The van der Waals surface area contributed by atoms with Crippen LogP contribution in [0.2, 0.25) is 0 Å². The fraction of sp³-hybridized carbons (Fsp3) is 0.680. The molecule has 0 aromatic heterocycles. The maximum atomic E-state index is 10.9. The third-order valence-electron chi connectivity index (χ3n) is 13.6. The molecule has 0 saturated heterocycles. The molecule has 2 aliphatic rings. The smallest absolute Gasteiger partial charge is 0.306 e. The van der Waals surface area contributed by atoms with E-state index < -0.39 is 11.9 Å². The molecule has 0 radical (unpaired) electrons. The summed E-state index contributed by atoms with van der Waals surface area (Å²) in [5, 5.41) is 38.6. The lowest BCUT2D eigenvalue weighted by molar-refractivity contribution is -0.142. The van der Waals surface area contributed by atoms with Crippen molar-refractivity contribution in [2.24, 2.45) is 17.8 Å². The molecule has 4 rings (SSSR count). The highest BCUT2D eigenvalue weighted by Crippen LogP contribution is 2.46. The van der Waals surface area contributed by atoms with Crippen molar-refractivity contribution in [1.29, 1.82) is 0 Å². The first-order chi connectivity index (χ1) is 27.1. The molecule has 0 bridgehead atoms. The van der Waals surface area contributed by atoms with E-state index in [-0.39, 0.29) is 23.0 Å². The van der Waals surface area contributed by atoms with Gasteiger partial charge in [-0.25, -0.2) is 0 Å². The van der Waals surface area contributed by atoms with E-state index in [2.05, 4.69) is 33.8 Å². The van der Waals surface area contributed by atoms with E-state index in [9.17, 15) is 19.8 Å². The van der Waals surface area contributed by atoms with Crippen LogP contribution < -0.4 is 9.47 Å². The Kier molecular flexibility index (Phi) is 18.1. The van der Waals surface area contributed by atoms with E-state index in [4.69, 9.17) is 19.7 Å². The molecule has 2 aromatic carbocycles. The van der Waals surface area contributed by atoms with Crippen LogP contribution >= 0.6 is 0 Å². The van der Waals surface area contributed by atoms with Gasteiger partial charge in [0.05, 0.1) is 11.8 Å². The molecule has 0 spiro atoms. The number of aromatic hydroxyl groups is 2. The summed E-state index contributed by atoms with van der Waals surface area (Å²) in [5.74, 6) is 1.55. The summed E-state index contributed by atoms with van der Waals surface area (Å²) in [6.45, 7) is 24.4. The van der Waals surface area contributed by atoms with Gasteiger partial charge in [0.1, 0.15) is 34.2 Å². The summed E-state index contributed by atoms with van der Waals surface area (Å²) in [5.41, 5.74) is 9.34. The van der Waals surface area contributed by atoms with Crippen molar-refractivity contribution in [3.05, 3.63) is 56.2 Å². The van der Waals surface area contributed by atoms with Gasteiger partial charge in [-0.2, -0.15) is 0 Å². The number of unbranched alkanes of at least 4 members (excludes halogenated alkanes) is 2. The zero-order valence-corrected chi connectivity index (χ0v) is 38.3. The van der Waals surface area contributed by atoms with Crippen LogP contribution in [-0.2, 0) is 22.4 Å². The number of phenolic OH excluding ortho intramolecular Hbond substituents is 2. The maximum absolute atomic E-state index is 10.9. The van der Waals surface area contributed by atoms with Crippen LogP contribution in [0.5, 0.6) is 23.0 Å². The molecule has 326 valence electrons. The number of hydrogen-bond donors (Lipinski definition) is 4. The quantitative estimate of drug-likeness (QED) is 0.0814. The number of aliphatic carboxylic acids is 2. The Morgan fingerprint density at radius 2 is 1.05 bits per heavy atom. The van der Waals surface area contributed by atoms with Crippen LogP contribution in [0.1, 0.15) is 182 Å². The molecule has 8 heteroatoms. The Morgan fingerprint density at radius 1 is 0.621 bits per heavy atom. The molecule has 2 heterocycles. The fourth-order valence-electron chi connectivity index (χ4n) is 8.72. The summed E-state index contributed by atoms with van der Waals surface area (Å²) in [4.78, 5) is 21.7. The second-order valence-corrected chi connectivity index (χ2v) is 18.8. The fourth-order valence-corrected chi connectivity index (χ4v) is 8.72. The summed E-state index contributed by atoms with van der Waals surface area (Å²) in [6, 6.07) is 0. The van der Waals surface area contributed by atoms with E-state index in [0.717, 1.165) is 154 Å². The summed E-state index contributed by atoms with van der Waals surface area (Å²) in [7, 11) is 0. The number of benzene rings is 2. The van der Waals surface area contributed by atoms with Crippen molar-refractivity contribution in [3.63, 3.8) is 0 Å². The number of carboxylic acids is 2. The molecular formula is C50H78O8. The Balaban J connectivity index is 0.000000311. The van der Waals surface area contributed by atoms with Gasteiger partial charge < -0.3 is 29.9 Å². The van der Waals surface area contributed by atoms with Crippen molar-refractivity contribution >= 4 is 11.9 Å². The standard InChI is InChI=1S/C26H40O4.C24H38O4/c1-17(11-8-7-9-13-18(2)25(28)29)12-10-15-26(6)16-14-22-21(5)23(27)19(3)20(4)24(22)30-26;1-15(9-7-11-16(2)23(26)27)10-8-13-24(6)14-12-20-19(5)21(25)17(3)18(4)22(20)28-24/h11,18,27H,7-10,12-16H2,1-6H3,(H,28,29);15-16,25H,7-14H2,1-6H3,(H,26,27)/b17-11+;. The van der Waals surface area contributed by atoms with Gasteiger partial charge in [0.25, 0.3) is 0 Å². The van der Waals surface area contributed by atoms with Crippen LogP contribution in [-0.4, -0.2) is 43.6 Å². The Labute approximate surface area is 350 Å². The molecular weight excluding hydrogens is 729 g/mol. The zero-order chi connectivity index (χ0) is 43.5. The van der Waals surface area contributed by atoms with Crippen LogP contribution in [0.4, 0.5) is 0 Å². The summed E-state index contributed by atoms with van der Waals surface area (Å²) in [6.07, 6.45) is 19.3. The third kappa shape index (κ3) is 13.2. The number of phenols is 2. The Hall–Kier alpha value is -3.68. The van der Waals surface area contributed by atoms with Crippen molar-refractivity contribution in [1.82, 2.24) is 0 Å². The average Bonchev–Trinajstić information content (AvgIpc) is 3.17. The molecule has 0 saturated carbocycles. The highest BCUT2D eigenvalue weighted by molar-refractivity contribution is 5.69.